The second kappa shape index (κ2) is 4.97. The minimum absolute atomic E-state index is 0.301. The monoisotopic (exact) mass is 212 g/mol. The summed E-state index contributed by atoms with van der Waals surface area (Å²) in [6.07, 6.45) is 4.35. The van der Waals surface area contributed by atoms with Crippen LogP contribution in [0.3, 0.4) is 0 Å². The molecule has 1 aliphatic rings. The average Bonchev–Trinajstić information content (AvgIpc) is 2.21. The number of likely N-dealkylation sites (N-methyl/N-ethyl adjacent to an activating group) is 1. The van der Waals surface area contributed by atoms with E-state index in [4.69, 9.17) is 10.1 Å². The zero-order valence-electron chi connectivity index (χ0n) is 10.5. The van der Waals surface area contributed by atoms with Crippen LogP contribution in [0.25, 0.3) is 0 Å². The maximum Gasteiger partial charge on any atom is 0.128 e. The molecule has 1 rings (SSSR count). The molecule has 0 aromatic carbocycles. The van der Waals surface area contributed by atoms with Crippen LogP contribution in [0, 0.1) is 11.3 Å². The van der Waals surface area contributed by atoms with E-state index in [-0.39, 0.29) is 5.60 Å². The van der Waals surface area contributed by atoms with E-state index < -0.39 is 0 Å². The molecule has 0 spiro atoms. The highest BCUT2D eigenvalue weighted by Crippen LogP contribution is 2.35. The van der Waals surface area contributed by atoms with Crippen molar-refractivity contribution in [3.63, 3.8) is 0 Å². The van der Waals surface area contributed by atoms with Crippen LogP contribution in [0.5, 0.6) is 0 Å². The van der Waals surface area contributed by atoms with Gasteiger partial charge in [-0.1, -0.05) is 6.92 Å². The molecule has 0 atom stereocenters. The third-order valence-electron chi connectivity index (χ3n) is 3.38. The number of hydrogen-bond donors (Lipinski definition) is 1. The summed E-state index contributed by atoms with van der Waals surface area (Å²) in [5.74, 6) is 1.42. The smallest absolute Gasteiger partial charge is 0.128 e. The molecule has 0 bridgehead atoms. The summed E-state index contributed by atoms with van der Waals surface area (Å²) in [4.78, 5) is 1.88. The van der Waals surface area contributed by atoms with Gasteiger partial charge in [-0.05, 0) is 38.5 Å². The first-order valence-corrected chi connectivity index (χ1v) is 5.92. The molecule has 0 radical (unpaired) electrons. The first kappa shape index (κ1) is 12.5. The standard InChI is InChI=1S/C12H24N2O/c1-5-15-12(11(13)14(3)4)8-6-10(2)7-9-12/h10,13H,5-9H2,1-4H3. The maximum absolute atomic E-state index is 8.16. The molecule has 0 heterocycles. The van der Waals surface area contributed by atoms with E-state index in [0.717, 1.165) is 18.8 Å². The van der Waals surface area contributed by atoms with Gasteiger partial charge in [0.15, 0.2) is 0 Å². The highest BCUT2D eigenvalue weighted by Gasteiger charge is 2.39. The number of nitrogens with one attached hydrogen (secondary N) is 1. The summed E-state index contributed by atoms with van der Waals surface area (Å²) < 4.78 is 5.88. The molecule has 1 fully saturated rings. The third kappa shape index (κ3) is 2.71. The lowest BCUT2D eigenvalue weighted by molar-refractivity contribution is -0.0263. The van der Waals surface area contributed by atoms with Gasteiger partial charge in [0.25, 0.3) is 0 Å². The average molecular weight is 212 g/mol. The van der Waals surface area contributed by atoms with Gasteiger partial charge in [-0.2, -0.15) is 0 Å². The molecule has 0 aromatic rings. The Labute approximate surface area is 93.3 Å². The molecule has 1 aliphatic carbocycles. The number of rotatable bonds is 3. The van der Waals surface area contributed by atoms with Crippen molar-refractivity contribution < 1.29 is 4.74 Å². The van der Waals surface area contributed by atoms with Crippen molar-refractivity contribution in [2.45, 2.75) is 45.1 Å². The molecule has 3 heteroatoms. The van der Waals surface area contributed by atoms with Gasteiger partial charge >= 0.3 is 0 Å². The van der Waals surface area contributed by atoms with Gasteiger partial charge in [-0.25, -0.2) is 0 Å². The van der Waals surface area contributed by atoms with Crippen LogP contribution in [0.2, 0.25) is 0 Å². The molecule has 3 nitrogen and oxygen atoms in total. The molecule has 0 unspecified atom stereocenters. The summed E-state index contributed by atoms with van der Waals surface area (Å²) in [6, 6.07) is 0. The summed E-state index contributed by atoms with van der Waals surface area (Å²) in [5, 5.41) is 8.16. The van der Waals surface area contributed by atoms with E-state index in [1.165, 1.54) is 12.8 Å². The third-order valence-corrected chi connectivity index (χ3v) is 3.38. The summed E-state index contributed by atoms with van der Waals surface area (Å²) in [7, 11) is 3.86. The Kier molecular flexibility index (Phi) is 4.14. The summed E-state index contributed by atoms with van der Waals surface area (Å²) >= 11 is 0. The molecule has 15 heavy (non-hydrogen) atoms. The normalized spacial score (nSPS) is 31.3. The Bertz CT molecular complexity index is 218. The largest absolute Gasteiger partial charge is 0.367 e. The lowest BCUT2D eigenvalue weighted by atomic mass is 9.78. The van der Waals surface area contributed by atoms with Crippen molar-refractivity contribution in [1.82, 2.24) is 4.90 Å². The maximum atomic E-state index is 8.16. The quantitative estimate of drug-likeness (QED) is 0.576. The fourth-order valence-corrected chi connectivity index (χ4v) is 2.36. The van der Waals surface area contributed by atoms with Crippen LogP contribution in [0.4, 0.5) is 0 Å². The predicted octanol–water partition coefficient (Wildman–Crippen LogP) is 2.51. The molecule has 88 valence electrons. The van der Waals surface area contributed by atoms with E-state index in [0.29, 0.717) is 12.4 Å². The van der Waals surface area contributed by atoms with Crippen molar-refractivity contribution in [2.24, 2.45) is 5.92 Å². The van der Waals surface area contributed by atoms with Gasteiger partial charge < -0.3 is 9.64 Å². The Morgan fingerprint density at radius 2 is 1.93 bits per heavy atom. The van der Waals surface area contributed by atoms with E-state index >= 15 is 0 Å². The van der Waals surface area contributed by atoms with Gasteiger partial charge in [0.1, 0.15) is 11.4 Å². The topological polar surface area (TPSA) is 36.3 Å². The molecular formula is C12H24N2O. The molecular weight excluding hydrogens is 188 g/mol. The second-order valence-electron chi connectivity index (χ2n) is 4.85. The lowest BCUT2D eigenvalue weighted by Crippen LogP contribution is -2.50. The Morgan fingerprint density at radius 1 is 1.40 bits per heavy atom. The minimum Gasteiger partial charge on any atom is -0.367 e. The Morgan fingerprint density at radius 3 is 2.33 bits per heavy atom. The van der Waals surface area contributed by atoms with Crippen LogP contribution in [0.15, 0.2) is 0 Å². The van der Waals surface area contributed by atoms with Crippen molar-refractivity contribution in [3.05, 3.63) is 0 Å². The van der Waals surface area contributed by atoms with Crippen LogP contribution in [-0.2, 0) is 4.74 Å². The van der Waals surface area contributed by atoms with Crippen LogP contribution >= 0.6 is 0 Å². The van der Waals surface area contributed by atoms with Gasteiger partial charge in [0, 0.05) is 20.7 Å². The number of amidine groups is 1. The lowest BCUT2D eigenvalue weighted by Gasteiger charge is -2.41. The zero-order valence-corrected chi connectivity index (χ0v) is 10.5. The van der Waals surface area contributed by atoms with E-state index in [1.807, 2.05) is 25.9 Å². The van der Waals surface area contributed by atoms with E-state index in [1.54, 1.807) is 0 Å². The van der Waals surface area contributed by atoms with E-state index in [2.05, 4.69) is 6.92 Å². The number of nitrogens with zero attached hydrogens (tertiary/aromatic N) is 1. The van der Waals surface area contributed by atoms with Crippen LogP contribution < -0.4 is 0 Å². The Balaban J connectivity index is 2.75. The molecule has 0 aromatic heterocycles. The van der Waals surface area contributed by atoms with Crippen LogP contribution in [-0.4, -0.2) is 37.0 Å². The Hall–Kier alpha value is -0.570. The van der Waals surface area contributed by atoms with Crippen molar-refractivity contribution in [1.29, 1.82) is 5.41 Å². The highest BCUT2D eigenvalue weighted by molar-refractivity contribution is 5.87. The van der Waals surface area contributed by atoms with Crippen molar-refractivity contribution in [2.75, 3.05) is 20.7 Å². The molecule has 0 aliphatic heterocycles. The van der Waals surface area contributed by atoms with Crippen LogP contribution in [0.1, 0.15) is 39.5 Å². The van der Waals surface area contributed by atoms with Gasteiger partial charge in [-0.15, -0.1) is 0 Å². The van der Waals surface area contributed by atoms with Crippen molar-refractivity contribution in [3.8, 4) is 0 Å². The zero-order chi connectivity index (χ0) is 11.5. The SMILES string of the molecule is CCOC1(C(=N)N(C)C)CCC(C)CC1. The molecule has 1 saturated carbocycles. The van der Waals surface area contributed by atoms with Gasteiger partial charge in [0.05, 0.1) is 0 Å². The fraction of sp³-hybridized carbons (Fsp3) is 0.917. The minimum atomic E-state index is -0.301. The van der Waals surface area contributed by atoms with E-state index in [9.17, 15) is 0 Å². The molecule has 1 N–H and O–H groups in total. The highest BCUT2D eigenvalue weighted by atomic mass is 16.5. The predicted molar refractivity (Wildman–Crippen MR) is 63.4 cm³/mol. The molecule has 0 amide bonds. The second-order valence-corrected chi connectivity index (χ2v) is 4.85. The van der Waals surface area contributed by atoms with Gasteiger partial charge in [-0.3, -0.25) is 5.41 Å². The van der Waals surface area contributed by atoms with Gasteiger partial charge in [0.2, 0.25) is 0 Å². The molecule has 0 saturated heterocycles. The number of hydrogen-bond acceptors (Lipinski definition) is 2. The summed E-state index contributed by atoms with van der Waals surface area (Å²) in [6.45, 7) is 5.00. The summed E-state index contributed by atoms with van der Waals surface area (Å²) in [5.41, 5.74) is -0.301. The first-order valence-electron chi connectivity index (χ1n) is 5.92. The van der Waals surface area contributed by atoms with Crippen molar-refractivity contribution >= 4 is 5.84 Å². The number of ether oxygens (including phenoxy) is 1. The fourth-order valence-electron chi connectivity index (χ4n) is 2.36. The first-order chi connectivity index (χ1) is 7.02.